The maximum Gasteiger partial charge on any atom is 0.260 e. The fourth-order valence-electron chi connectivity index (χ4n) is 3.27. The Morgan fingerprint density at radius 1 is 0.839 bits per heavy atom. The van der Waals surface area contributed by atoms with Gasteiger partial charge in [-0.05, 0) is 49.7 Å². The van der Waals surface area contributed by atoms with Crippen molar-refractivity contribution in [2.45, 2.75) is 26.7 Å². The number of unbranched alkanes of at least 4 members (excludes halogenated alkanes) is 1. The van der Waals surface area contributed by atoms with Gasteiger partial charge in [-0.3, -0.25) is 9.59 Å². The summed E-state index contributed by atoms with van der Waals surface area (Å²) in [6.45, 7) is 5.08. The van der Waals surface area contributed by atoms with Crippen LogP contribution in [0.5, 0.6) is 5.75 Å². The first-order valence-electron chi connectivity index (χ1n) is 10.6. The Hall–Kier alpha value is -3.60. The highest BCUT2D eigenvalue weighted by Crippen LogP contribution is 2.24. The van der Waals surface area contributed by atoms with Crippen LogP contribution in [0.15, 0.2) is 78.9 Å². The van der Waals surface area contributed by atoms with E-state index in [-0.39, 0.29) is 11.8 Å². The molecule has 0 aromatic heterocycles. The van der Waals surface area contributed by atoms with Crippen molar-refractivity contribution in [2.24, 2.45) is 0 Å². The summed E-state index contributed by atoms with van der Waals surface area (Å²) in [5.74, 6) is 0.0592. The van der Waals surface area contributed by atoms with Gasteiger partial charge < -0.3 is 15.0 Å². The SMILES string of the molecule is CCCCOc1ccccc1C(=O)Nc1ccccc1C(=O)N(CC)c1ccccc1. The molecule has 3 aromatic carbocycles. The van der Waals surface area contributed by atoms with Crippen molar-refractivity contribution >= 4 is 23.2 Å². The fourth-order valence-corrected chi connectivity index (χ4v) is 3.27. The molecule has 0 saturated heterocycles. The number of amides is 2. The van der Waals surface area contributed by atoms with Gasteiger partial charge >= 0.3 is 0 Å². The van der Waals surface area contributed by atoms with E-state index in [2.05, 4.69) is 12.2 Å². The van der Waals surface area contributed by atoms with E-state index in [1.165, 1.54) is 0 Å². The second-order valence-electron chi connectivity index (χ2n) is 7.08. The highest BCUT2D eigenvalue weighted by molar-refractivity contribution is 6.14. The average molecular weight is 417 g/mol. The van der Waals surface area contributed by atoms with Crippen LogP contribution >= 0.6 is 0 Å². The van der Waals surface area contributed by atoms with Gasteiger partial charge in [-0.15, -0.1) is 0 Å². The zero-order chi connectivity index (χ0) is 22.1. The van der Waals surface area contributed by atoms with Crippen LogP contribution in [0.3, 0.4) is 0 Å². The highest BCUT2D eigenvalue weighted by atomic mass is 16.5. The summed E-state index contributed by atoms with van der Waals surface area (Å²) in [7, 11) is 0. The smallest absolute Gasteiger partial charge is 0.260 e. The molecule has 2 amide bonds. The van der Waals surface area contributed by atoms with Crippen LogP contribution in [0.4, 0.5) is 11.4 Å². The summed E-state index contributed by atoms with van der Waals surface area (Å²) in [6.07, 6.45) is 1.93. The monoisotopic (exact) mass is 416 g/mol. The standard InChI is InChI=1S/C26H28N2O3/c1-3-5-19-31-24-18-12-10-16-22(24)25(29)27-23-17-11-9-15-21(23)26(30)28(4-2)20-13-7-6-8-14-20/h6-18H,3-5,19H2,1-2H3,(H,27,29). The predicted molar refractivity (Wildman–Crippen MR) is 125 cm³/mol. The van der Waals surface area contributed by atoms with Gasteiger partial charge in [0.15, 0.2) is 0 Å². The molecule has 0 aliphatic rings. The Morgan fingerprint density at radius 3 is 2.19 bits per heavy atom. The van der Waals surface area contributed by atoms with Crippen LogP contribution in [0.2, 0.25) is 0 Å². The van der Waals surface area contributed by atoms with E-state index in [0.717, 1.165) is 18.5 Å². The van der Waals surface area contributed by atoms with Gasteiger partial charge in [0.25, 0.3) is 11.8 Å². The zero-order valence-corrected chi connectivity index (χ0v) is 18.0. The highest BCUT2D eigenvalue weighted by Gasteiger charge is 2.21. The number of carbonyl (C=O) groups is 2. The minimum atomic E-state index is -0.310. The number of rotatable bonds is 9. The molecule has 31 heavy (non-hydrogen) atoms. The van der Waals surface area contributed by atoms with Crippen molar-refractivity contribution < 1.29 is 14.3 Å². The lowest BCUT2D eigenvalue weighted by molar-refractivity contribution is 0.0989. The molecule has 0 fully saturated rings. The van der Waals surface area contributed by atoms with E-state index in [0.29, 0.717) is 35.7 Å². The van der Waals surface area contributed by atoms with Crippen molar-refractivity contribution in [2.75, 3.05) is 23.4 Å². The van der Waals surface area contributed by atoms with Crippen LogP contribution in [-0.2, 0) is 0 Å². The predicted octanol–water partition coefficient (Wildman–Crippen LogP) is 5.78. The molecule has 5 nitrogen and oxygen atoms in total. The van der Waals surface area contributed by atoms with Crippen molar-refractivity contribution in [1.82, 2.24) is 0 Å². The van der Waals surface area contributed by atoms with Crippen LogP contribution in [0.1, 0.15) is 47.4 Å². The van der Waals surface area contributed by atoms with Crippen LogP contribution < -0.4 is 15.0 Å². The molecular formula is C26H28N2O3. The van der Waals surface area contributed by atoms with Gasteiger partial charge in [0.1, 0.15) is 5.75 Å². The molecule has 0 aliphatic carbocycles. The summed E-state index contributed by atoms with van der Waals surface area (Å²) >= 11 is 0. The Balaban J connectivity index is 1.84. The second-order valence-corrected chi connectivity index (χ2v) is 7.08. The molecule has 0 aliphatic heterocycles. The van der Waals surface area contributed by atoms with Crippen LogP contribution in [-0.4, -0.2) is 25.0 Å². The van der Waals surface area contributed by atoms with E-state index in [1.54, 1.807) is 47.4 Å². The summed E-state index contributed by atoms with van der Waals surface area (Å²) in [6, 6.07) is 23.7. The fraction of sp³-hybridized carbons (Fsp3) is 0.231. The zero-order valence-electron chi connectivity index (χ0n) is 18.0. The molecule has 0 radical (unpaired) electrons. The quantitative estimate of drug-likeness (QED) is 0.450. The van der Waals surface area contributed by atoms with Crippen molar-refractivity contribution in [1.29, 1.82) is 0 Å². The molecule has 160 valence electrons. The van der Waals surface area contributed by atoms with E-state index in [4.69, 9.17) is 4.74 Å². The van der Waals surface area contributed by atoms with Crippen LogP contribution in [0, 0.1) is 0 Å². The molecule has 0 unspecified atom stereocenters. The molecule has 0 spiro atoms. The number of benzene rings is 3. The normalized spacial score (nSPS) is 10.4. The second kappa shape index (κ2) is 11.0. The summed E-state index contributed by atoms with van der Waals surface area (Å²) in [4.78, 5) is 28.0. The molecule has 0 atom stereocenters. The molecule has 3 aromatic rings. The Kier molecular flexibility index (Phi) is 7.82. The van der Waals surface area contributed by atoms with Gasteiger partial charge in [-0.25, -0.2) is 0 Å². The van der Waals surface area contributed by atoms with Crippen molar-refractivity contribution in [3.8, 4) is 5.75 Å². The first kappa shape index (κ1) is 22.1. The molecular weight excluding hydrogens is 388 g/mol. The number of carbonyl (C=O) groups excluding carboxylic acids is 2. The lowest BCUT2D eigenvalue weighted by Gasteiger charge is -2.22. The third kappa shape index (κ3) is 5.51. The molecule has 0 saturated carbocycles. The molecule has 1 N–H and O–H groups in total. The molecule has 3 rings (SSSR count). The number of nitrogens with one attached hydrogen (secondary N) is 1. The largest absolute Gasteiger partial charge is 0.493 e. The maximum atomic E-state index is 13.3. The number of anilines is 2. The van der Waals surface area contributed by atoms with E-state index in [1.807, 2.05) is 43.3 Å². The van der Waals surface area contributed by atoms with Gasteiger partial charge in [0.2, 0.25) is 0 Å². The van der Waals surface area contributed by atoms with Gasteiger partial charge in [-0.1, -0.05) is 55.8 Å². The van der Waals surface area contributed by atoms with Gasteiger partial charge in [-0.2, -0.15) is 0 Å². The Labute approximate surface area is 183 Å². The summed E-state index contributed by atoms with van der Waals surface area (Å²) in [5.41, 5.74) is 2.16. The van der Waals surface area contributed by atoms with E-state index < -0.39 is 0 Å². The first-order chi connectivity index (χ1) is 15.2. The molecule has 0 bridgehead atoms. The van der Waals surface area contributed by atoms with E-state index >= 15 is 0 Å². The maximum absolute atomic E-state index is 13.3. The molecule has 0 heterocycles. The lowest BCUT2D eigenvalue weighted by Crippen LogP contribution is -2.31. The number of nitrogens with zero attached hydrogens (tertiary/aromatic N) is 1. The minimum Gasteiger partial charge on any atom is -0.493 e. The number of ether oxygens (including phenoxy) is 1. The van der Waals surface area contributed by atoms with Gasteiger partial charge in [0, 0.05) is 12.2 Å². The number of hydrogen-bond donors (Lipinski definition) is 1. The Bertz CT molecular complexity index is 1020. The molecule has 5 heteroatoms. The average Bonchev–Trinajstić information content (AvgIpc) is 2.81. The number of para-hydroxylation sites is 3. The summed E-state index contributed by atoms with van der Waals surface area (Å²) in [5, 5.41) is 2.90. The Morgan fingerprint density at radius 2 is 1.48 bits per heavy atom. The third-order valence-corrected chi connectivity index (χ3v) is 4.92. The van der Waals surface area contributed by atoms with Crippen molar-refractivity contribution in [3.63, 3.8) is 0 Å². The van der Waals surface area contributed by atoms with Gasteiger partial charge in [0.05, 0.1) is 23.4 Å². The lowest BCUT2D eigenvalue weighted by atomic mass is 10.1. The topological polar surface area (TPSA) is 58.6 Å². The van der Waals surface area contributed by atoms with Crippen LogP contribution in [0.25, 0.3) is 0 Å². The minimum absolute atomic E-state index is 0.169. The van der Waals surface area contributed by atoms with Crippen molar-refractivity contribution in [3.05, 3.63) is 90.0 Å². The third-order valence-electron chi connectivity index (χ3n) is 4.92. The summed E-state index contributed by atoms with van der Waals surface area (Å²) < 4.78 is 5.79. The number of hydrogen-bond acceptors (Lipinski definition) is 3. The van der Waals surface area contributed by atoms with E-state index in [9.17, 15) is 9.59 Å². The first-order valence-corrected chi connectivity index (χ1v) is 10.6.